The zero-order valence-electron chi connectivity index (χ0n) is 13.6. The van der Waals surface area contributed by atoms with Crippen LogP contribution in [0.1, 0.15) is 29.2 Å². The highest BCUT2D eigenvalue weighted by atomic mass is 16.5. The quantitative estimate of drug-likeness (QED) is 0.763. The first-order chi connectivity index (χ1) is 12.2. The summed E-state index contributed by atoms with van der Waals surface area (Å²) in [6, 6.07) is 8.86. The van der Waals surface area contributed by atoms with Crippen LogP contribution in [0, 0.1) is 0 Å². The summed E-state index contributed by atoms with van der Waals surface area (Å²) in [6.07, 6.45) is 3.65. The number of anilines is 1. The zero-order valence-corrected chi connectivity index (χ0v) is 13.6. The van der Waals surface area contributed by atoms with Gasteiger partial charge in [-0.05, 0) is 29.8 Å². The molecule has 1 amide bonds. The average Bonchev–Trinajstić information content (AvgIpc) is 3.25. The minimum absolute atomic E-state index is 0.0514. The van der Waals surface area contributed by atoms with Gasteiger partial charge in [0, 0.05) is 17.9 Å². The maximum Gasteiger partial charge on any atom is 0.226 e. The lowest BCUT2D eigenvalue weighted by atomic mass is 9.87. The topological polar surface area (TPSA) is 89.5 Å². The van der Waals surface area contributed by atoms with Crippen molar-refractivity contribution in [3.8, 4) is 11.5 Å². The Morgan fingerprint density at radius 2 is 2.32 bits per heavy atom. The van der Waals surface area contributed by atoms with Gasteiger partial charge in [0.1, 0.15) is 18.1 Å². The van der Waals surface area contributed by atoms with Crippen LogP contribution in [0.4, 0.5) is 5.82 Å². The number of aromatic hydroxyl groups is 1. The van der Waals surface area contributed by atoms with Gasteiger partial charge in [0.05, 0.1) is 19.6 Å². The molecule has 25 heavy (non-hydrogen) atoms. The van der Waals surface area contributed by atoms with Crippen LogP contribution in [0.15, 0.2) is 47.2 Å². The number of rotatable bonds is 4. The Balaban J connectivity index is 1.71. The molecule has 7 nitrogen and oxygen atoms in total. The van der Waals surface area contributed by atoms with E-state index >= 15 is 0 Å². The molecule has 7 heteroatoms. The molecule has 0 bridgehead atoms. The Bertz CT molecular complexity index is 915. The summed E-state index contributed by atoms with van der Waals surface area (Å²) in [5.41, 5.74) is 1.75. The highest BCUT2D eigenvalue weighted by Gasteiger charge is 2.30. The van der Waals surface area contributed by atoms with E-state index in [0.29, 0.717) is 24.5 Å². The van der Waals surface area contributed by atoms with Crippen LogP contribution < -0.4 is 10.1 Å². The Morgan fingerprint density at radius 3 is 3.04 bits per heavy atom. The molecule has 128 valence electrons. The maximum absolute atomic E-state index is 12.2. The van der Waals surface area contributed by atoms with Crippen LogP contribution in [0.2, 0.25) is 0 Å². The van der Waals surface area contributed by atoms with Crippen LogP contribution in [0.3, 0.4) is 0 Å². The summed E-state index contributed by atoms with van der Waals surface area (Å²) >= 11 is 0. The number of aromatic nitrogens is 2. The van der Waals surface area contributed by atoms with Gasteiger partial charge in [-0.3, -0.25) is 4.79 Å². The lowest BCUT2D eigenvalue weighted by molar-refractivity contribution is -0.116. The van der Waals surface area contributed by atoms with Gasteiger partial charge >= 0.3 is 0 Å². The number of benzene rings is 1. The summed E-state index contributed by atoms with van der Waals surface area (Å²) in [7, 11) is 1.50. The fourth-order valence-electron chi connectivity index (χ4n) is 3.16. The number of amides is 1. The molecular weight excluding hydrogens is 322 g/mol. The van der Waals surface area contributed by atoms with Crippen LogP contribution >= 0.6 is 0 Å². The second-order valence-electron chi connectivity index (χ2n) is 5.92. The van der Waals surface area contributed by atoms with Crippen molar-refractivity contribution in [1.29, 1.82) is 0 Å². The molecule has 0 spiro atoms. The second-order valence-corrected chi connectivity index (χ2v) is 5.92. The van der Waals surface area contributed by atoms with E-state index in [1.807, 2.05) is 18.2 Å². The molecule has 4 rings (SSSR count). The van der Waals surface area contributed by atoms with Crippen molar-refractivity contribution in [2.45, 2.75) is 18.9 Å². The third-order valence-electron chi connectivity index (χ3n) is 4.38. The van der Waals surface area contributed by atoms with Crippen molar-refractivity contribution in [3.05, 3.63) is 59.7 Å². The normalized spacial score (nSPS) is 16.4. The number of nitrogens with one attached hydrogen (secondary N) is 1. The first kappa shape index (κ1) is 15.3. The number of carbonyl (C=O) groups excluding carboxylic acids is 1. The Morgan fingerprint density at radius 1 is 1.44 bits per heavy atom. The van der Waals surface area contributed by atoms with E-state index in [9.17, 15) is 9.90 Å². The molecule has 3 aromatic rings. The van der Waals surface area contributed by atoms with Gasteiger partial charge in [-0.15, -0.1) is 0 Å². The molecule has 1 aliphatic heterocycles. The molecule has 2 N–H and O–H groups in total. The SMILES string of the molecule is COc1ccc(C2CC(=O)Nc3c2cnn3Cc2ccco2)cc1O. The fraction of sp³-hybridized carbons (Fsp3) is 0.222. The molecule has 0 aliphatic carbocycles. The van der Waals surface area contributed by atoms with E-state index in [4.69, 9.17) is 9.15 Å². The Kier molecular flexibility index (Phi) is 3.68. The first-order valence-electron chi connectivity index (χ1n) is 7.90. The van der Waals surface area contributed by atoms with Crippen molar-refractivity contribution >= 4 is 11.7 Å². The van der Waals surface area contributed by atoms with Gasteiger partial charge in [-0.2, -0.15) is 5.10 Å². The number of ether oxygens (including phenoxy) is 1. The minimum Gasteiger partial charge on any atom is -0.504 e. The molecule has 1 atom stereocenters. The third-order valence-corrected chi connectivity index (χ3v) is 4.38. The molecule has 1 aliphatic rings. The summed E-state index contributed by atoms with van der Waals surface area (Å²) < 4.78 is 12.2. The molecule has 2 aromatic heterocycles. The van der Waals surface area contributed by atoms with Crippen LogP contribution in [-0.4, -0.2) is 27.9 Å². The van der Waals surface area contributed by atoms with E-state index in [2.05, 4.69) is 10.4 Å². The highest BCUT2D eigenvalue weighted by Crippen LogP contribution is 2.39. The Hall–Kier alpha value is -3.22. The number of hydrogen-bond acceptors (Lipinski definition) is 5. The standard InChI is InChI=1S/C18H17N3O4/c1-24-16-5-4-11(7-15(16)22)13-8-17(23)20-18-14(13)9-19-21(18)10-12-3-2-6-25-12/h2-7,9,13,22H,8,10H2,1H3,(H,20,23). The lowest BCUT2D eigenvalue weighted by Crippen LogP contribution is -2.25. The molecule has 0 radical (unpaired) electrons. The second kappa shape index (κ2) is 6.01. The predicted molar refractivity (Wildman–Crippen MR) is 89.8 cm³/mol. The van der Waals surface area contributed by atoms with Crippen LogP contribution in [0.5, 0.6) is 11.5 Å². The highest BCUT2D eigenvalue weighted by molar-refractivity contribution is 5.94. The van der Waals surface area contributed by atoms with E-state index < -0.39 is 0 Å². The molecule has 1 aromatic carbocycles. The smallest absolute Gasteiger partial charge is 0.226 e. The first-order valence-corrected chi connectivity index (χ1v) is 7.90. The number of phenols is 1. The van der Waals surface area contributed by atoms with Gasteiger partial charge in [-0.25, -0.2) is 4.68 Å². The monoisotopic (exact) mass is 339 g/mol. The molecular formula is C18H17N3O4. The van der Waals surface area contributed by atoms with Crippen molar-refractivity contribution < 1.29 is 19.1 Å². The summed E-state index contributed by atoms with van der Waals surface area (Å²) in [5, 5.41) is 17.3. The van der Waals surface area contributed by atoms with Crippen molar-refractivity contribution in [1.82, 2.24) is 9.78 Å². The third kappa shape index (κ3) is 2.73. The molecule has 1 unspecified atom stereocenters. The van der Waals surface area contributed by atoms with Gasteiger partial charge in [-0.1, -0.05) is 6.07 Å². The number of fused-ring (bicyclic) bond motifs is 1. The number of nitrogens with zero attached hydrogens (tertiary/aromatic N) is 2. The minimum atomic E-state index is -0.175. The molecule has 3 heterocycles. The maximum atomic E-state index is 12.2. The molecule has 0 fully saturated rings. The van der Waals surface area contributed by atoms with Crippen molar-refractivity contribution in [3.63, 3.8) is 0 Å². The molecule has 0 saturated heterocycles. The van der Waals surface area contributed by atoms with Gasteiger partial charge in [0.25, 0.3) is 0 Å². The number of methoxy groups -OCH3 is 1. The summed E-state index contributed by atoms with van der Waals surface area (Å²) in [4.78, 5) is 12.2. The summed E-state index contributed by atoms with van der Waals surface area (Å²) in [5.74, 6) is 1.60. The van der Waals surface area contributed by atoms with Crippen LogP contribution in [0.25, 0.3) is 0 Å². The largest absolute Gasteiger partial charge is 0.504 e. The van der Waals surface area contributed by atoms with E-state index in [1.54, 1.807) is 29.3 Å². The van der Waals surface area contributed by atoms with E-state index in [-0.39, 0.29) is 17.6 Å². The van der Waals surface area contributed by atoms with Crippen LogP contribution in [-0.2, 0) is 11.3 Å². The predicted octanol–water partition coefficient (Wildman–Crippen LogP) is 2.71. The van der Waals surface area contributed by atoms with Crippen molar-refractivity contribution in [2.75, 3.05) is 12.4 Å². The molecule has 0 saturated carbocycles. The van der Waals surface area contributed by atoms with E-state index in [0.717, 1.165) is 16.9 Å². The zero-order chi connectivity index (χ0) is 17.4. The van der Waals surface area contributed by atoms with E-state index in [1.165, 1.54) is 7.11 Å². The number of carbonyl (C=O) groups is 1. The van der Waals surface area contributed by atoms with Gasteiger partial charge in [0.2, 0.25) is 5.91 Å². The van der Waals surface area contributed by atoms with Crippen molar-refractivity contribution in [2.24, 2.45) is 0 Å². The number of phenolic OH excluding ortho intramolecular Hbond substituents is 1. The Labute approximate surface area is 143 Å². The average molecular weight is 339 g/mol. The van der Waals surface area contributed by atoms with Gasteiger partial charge in [0.15, 0.2) is 11.5 Å². The fourth-order valence-corrected chi connectivity index (χ4v) is 3.16. The number of hydrogen-bond donors (Lipinski definition) is 2. The summed E-state index contributed by atoms with van der Waals surface area (Å²) in [6.45, 7) is 0.434. The van der Waals surface area contributed by atoms with Gasteiger partial charge < -0.3 is 19.6 Å². The lowest BCUT2D eigenvalue weighted by Gasteiger charge is -2.24. The number of furan rings is 1.